The Morgan fingerprint density at radius 2 is 1.95 bits per heavy atom. The van der Waals surface area contributed by atoms with Crippen LogP contribution in [0.25, 0.3) is 0 Å². The lowest BCUT2D eigenvalue weighted by Gasteiger charge is -2.16. The first kappa shape index (κ1) is 15.0. The van der Waals surface area contributed by atoms with Crippen molar-refractivity contribution in [2.24, 2.45) is 0 Å². The minimum atomic E-state index is -3.49. The molecule has 0 saturated carbocycles. The van der Waals surface area contributed by atoms with E-state index >= 15 is 0 Å². The van der Waals surface area contributed by atoms with Crippen molar-refractivity contribution < 1.29 is 8.42 Å². The molecule has 2 rings (SSSR count). The van der Waals surface area contributed by atoms with Gasteiger partial charge in [0, 0.05) is 31.2 Å². The van der Waals surface area contributed by atoms with Crippen molar-refractivity contribution >= 4 is 21.6 Å². The van der Waals surface area contributed by atoms with Crippen LogP contribution in [0.15, 0.2) is 41.6 Å². The number of aromatic nitrogens is 2. The van der Waals surface area contributed by atoms with E-state index in [2.05, 4.69) is 10.2 Å². The van der Waals surface area contributed by atoms with Crippen molar-refractivity contribution in [2.75, 3.05) is 12.9 Å². The van der Waals surface area contributed by atoms with Gasteiger partial charge in [-0.15, -0.1) is 11.6 Å². The largest absolute Gasteiger partial charge is 0.285 e. The maximum absolute atomic E-state index is 12.4. The zero-order valence-corrected chi connectivity index (χ0v) is 12.7. The lowest BCUT2D eigenvalue weighted by atomic mass is 10.2. The zero-order chi connectivity index (χ0) is 14.6. The van der Waals surface area contributed by atoms with E-state index in [1.54, 1.807) is 43.7 Å². The number of hydrogen-bond acceptors (Lipinski definition) is 3. The first-order valence-electron chi connectivity index (χ1n) is 6.13. The van der Waals surface area contributed by atoms with Crippen LogP contribution in [0.2, 0.25) is 0 Å². The lowest BCUT2D eigenvalue weighted by molar-refractivity contribution is 0.467. The van der Waals surface area contributed by atoms with Crippen LogP contribution < -0.4 is 0 Å². The molecule has 0 spiro atoms. The Hall–Kier alpha value is -1.37. The van der Waals surface area contributed by atoms with Gasteiger partial charge in [0.05, 0.1) is 11.1 Å². The van der Waals surface area contributed by atoms with Gasteiger partial charge in [-0.1, -0.05) is 12.1 Å². The summed E-state index contributed by atoms with van der Waals surface area (Å²) in [5.74, 6) is 0.520. The number of sulfonamides is 1. The Bertz CT molecular complexity index is 639. The number of rotatable bonds is 6. The highest BCUT2D eigenvalue weighted by atomic mass is 35.5. The molecular weight excluding hydrogens is 298 g/mol. The van der Waals surface area contributed by atoms with E-state index in [-0.39, 0.29) is 11.4 Å². The van der Waals surface area contributed by atoms with E-state index < -0.39 is 10.0 Å². The van der Waals surface area contributed by atoms with Crippen LogP contribution in [-0.2, 0) is 23.0 Å². The van der Waals surface area contributed by atoms with Gasteiger partial charge in [-0.25, -0.2) is 8.42 Å². The van der Waals surface area contributed by atoms with E-state index in [9.17, 15) is 8.42 Å². The van der Waals surface area contributed by atoms with Crippen LogP contribution in [0.3, 0.4) is 0 Å². The molecule has 1 heterocycles. The standard InChI is InChI=1S/C13H16ClN3O2S/c1-17(10-12-8-15-16-9-12)20(18,19)13-4-2-11(3-5-13)6-7-14/h2-5,8-9H,6-7,10H2,1H3,(H,15,16). The third kappa shape index (κ3) is 3.39. The molecule has 0 unspecified atom stereocenters. The van der Waals surface area contributed by atoms with Gasteiger partial charge in [-0.2, -0.15) is 9.40 Å². The fourth-order valence-corrected chi connectivity index (χ4v) is 3.20. The van der Waals surface area contributed by atoms with E-state index in [0.717, 1.165) is 17.5 Å². The first-order chi connectivity index (χ1) is 9.54. The Labute approximate surface area is 123 Å². The topological polar surface area (TPSA) is 66.1 Å². The summed E-state index contributed by atoms with van der Waals surface area (Å²) in [4.78, 5) is 0.279. The van der Waals surface area contributed by atoms with Crippen LogP contribution >= 0.6 is 11.6 Å². The van der Waals surface area contributed by atoms with Crippen LogP contribution in [0, 0.1) is 0 Å². The molecule has 5 nitrogen and oxygen atoms in total. The number of aromatic amines is 1. The molecule has 1 aromatic carbocycles. The molecule has 0 aliphatic rings. The second kappa shape index (κ2) is 6.39. The monoisotopic (exact) mass is 313 g/mol. The highest BCUT2D eigenvalue weighted by molar-refractivity contribution is 7.89. The van der Waals surface area contributed by atoms with Crippen molar-refractivity contribution in [2.45, 2.75) is 17.9 Å². The summed E-state index contributed by atoms with van der Waals surface area (Å²) >= 11 is 5.66. The van der Waals surface area contributed by atoms with E-state index in [0.29, 0.717) is 5.88 Å². The maximum Gasteiger partial charge on any atom is 0.243 e. The van der Waals surface area contributed by atoms with E-state index in [1.807, 2.05) is 0 Å². The normalized spacial score (nSPS) is 11.9. The average Bonchev–Trinajstić information content (AvgIpc) is 2.92. The number of halogens is 1. The third-order valence-electron chi connectivity index (χ3n) is 2.97. The number of nitrogens with one attached hydrogen (secondary N) is 1. The maximum atomic E-state index is 12.4. The fraction of sp³-hybridized carbons (Fsp3) is 0.308. The van der Waals surface area contributed by atoms with Gasteiger partial charge in [0.1, 0.15) is 0 Å². The molecule has 0 bridgehead atoms. The SMILES string of the molecule is CN(Cc1cn[nH]c1)S(=O)(=O)c1ccc(CCCl)cc1. The minimum Gasteiger partial charge on any atom is -0.285 e. The molecule has 20 heavy (non-hydrogen) atoms. The summed E-state index contributed by atoms with van der Waals surface area (Å²) < 4.78 is 26.1. The number of H-pyrrole nitrogens is 1. The summed E-state index contributed by atoms with van der Waals surface area (Å²) in [5, 5.41) is 6.47. The fourth-order valence-electron chi connectivity index (χ4n) is 1.82. The molecule has 0 amide bonds. The zero-order valence-electron chi connectivity index (χ0n) is 11.1. The minimum absolute atomic E-state index is 0.279. The second-order valence-electron chi connectivity index (χ2n) is 4.45. The van der Waals surface area contributed by atoms with Gasteiger partial charge in [-0.3, -0.25) is 5.10 Å². The third-order valence-corrected chi connectivity index (χ3v) is 4.98. The molecule has 2 aromatic rings. The number of hydrogen-bond donors (Lipinski definition) is 1. The number of nitrogens with zero attached hydrogens (tertiary/aromatic N) is 2. The van der Waals surface area contributed by atoms with Gasteiger partial charge in [-0.05, 0) is 24.1 Å². The summed E-state index contributed by atoms with van der Waals surface area (Å²) in [5.41, 5.74) is 1.84. The first-order valence-corrected chi connectivity index (χ1v) is 8.10. The van der Waals surface area contributed by atoms with Crippen LogP contribution in [-0.4, -0.2) is 35.8 Å². The molecule has 0 aliphatic heterocycles. The highest BCUT2D eigenvalue weighted by Gasteiger charge is 2.20. The van der Waals surface area contributed by atoms with Crippen molar-refractivity contribution in [1.29, 1.82) is 0 Å². The van der Waals surface area contributed by atoms with Gasteiger partial charge in [0.2, 0.25) is 10.0 Å². The molecule has 0 fully saturated rings. The smallest absolute Gasteiger partial charge is 0.243 e. The molecule has 1 aromatic heterocycles. The molecule has 1 N–H and O–H groups in total. The van der Waals surface area contributed by atoms with Gasteiger partial charge >= 0.3 is 0 Å². The quantitative estimate of drug-likeness (QED) is 0.830. The van der Waals surface area contributed by atoms with Crippen LogP contribution in [0.5, 0.6) is 0 Å². The molecular formula is C13H16ClN3O2S. The predicted octanol–water partition coefficient (Wildman–Crippen LogP) is 2.01. The number of alkyl halides is 1. The molecule has 0 radical (unpaired) electrons. The molecule has 0 atom stereocenters. The predicted molar refractivity (Wildman–Crippen MR) is 78.1 cm³/mol. The molecule has 0 saturated heterocycles. The van der Waals surface area contributed by atoms with Gasteiger partial charge in [0.15, 0.2) is 0 Å². The number of benzene rings is 1. The van der Waals surface area contributed by atoms with E-state index in [1.165, 1.54) is 4.31 Å². The van der Waals surface area contributed by atoms with Crippen molar-refractivity contribution in [3.63, 3.8) is 0 Å². The van der Waals surface area contributed by atoms with Crippen molar-refractivity contribution in [3.8, 4) is 0 Å². The Morgan fingerprint density at radius 1 is 1.25 bits per heavy atom. The molecule has 7 heteroatoms. The Morgan fingerprint density at radius 3 is 2.50 bits per heavy atom. The van der Waals surface area contributed by atoms with Gasteiger partial charge in [0.25, 0.3) is 0 Å². The summed E-state index contributed by atoms with van der Waals surface area (Å²) in [6.07, 6.45) is 4.01. The van der Waals surface area contributed by atoms with Crippen LogP contribution in [0.4, 0.5) is 0 Å². The summed E-state index contributed by atoms with van der Waals surface area (Å²) in [6.45, 7) is 0.280. The Balaban J connectivity index is 2.16. The lowest BCUT2D eigenvalue weighted by Crippen LogP contribution is -2.26. The molecule has 0 aliphatic carbocycles. The number of aryl methyl sites for hydroxylation is 1. The Kier molecular flexibility index (Phi) is 4.80. The van der Waals surface area contributed by atoms with E-state index in [4.69, 9.17) is 11.6 Å². The molecule has 108 valence electrons. The van der Waals surface area contributed by atoms with Crippen molar-refractivity contribution in [1.82, 2.24) is 14.5 Å². The second-order valence-corrected chi connectivity index (χ2v) is 6.87. The van der Waals surface area contributed by atoms with Gasteiger partial charge < -0.3 is 0 Å². The average molecular weight is 314 g/mol. The summed E-state index contributed by atoms with van der Waals surface area (Å²) in [6, 6.07) is 6.81. The summed E-state index contributed by atoms with van der Waals surface area (Å²) in [7, 11) is -1.94. The van der Waals surface area contributed by atoms with Crippen molar-refractivity contribution in [3.05, 3.63) is 47.8 Å². The highest BCUT2D eigenvalue weighted by Crippen LogP contribution is 2.17. The van der Waals surface area contributed by atoms with Crippen LogP contribution in [0.1, 0.15) is 11.1 Å².